The summed E-state index contributed by atoms with van der Waals surface area (Å²) in [6, 6.07) is 12.9. The average molecular weight is 491 g/mol. The number of halogens is 1. The first-order valence-corrected chi connectivity index (χ1v) is 12.2. The van der Waals surface area contributed by atoms with E-state index in [1.807, 2.05) is 16.7 Å². The molecule has 1 aliphatic rings. The van der Waals surface area contributed by atoms with Crippen LogP contribution in [0.3, 0.4) is 0 Å². The third kappa shape index (κ3) is 4.35. The lowest BCUT2D eigenvalue weighted by atomic mass is 10.1. The molecule has 188 valence electrons. The molecule has 5 rings (SSSR count). The predicted octanol–water partition coefficient (Wildman–Crippen LogP) is 2.56. The van der Waals surface area contributed by atoms with Gasteiger partial charge in [0, 0.05) is 52.5 Å². The van der Waals surface area contributed by atoms with Crippen LogP contribution < -0.4 is 16.1 Å². The molecule has 0 saturated carbocycles. The van der Waals surface area contributed by atoms with Crippen LogP contribution in [0, 0.1) is 19.7 Å². The van der Waals surface area contributed by atoms with Gasteiger partial charge in [0.05, 0.1) is 6.54 Å². The van der Waals surface area contributed by atoms with Crippen LogP contribution in [0.4, 0.5) is 10.1 Å². The number of anilines is 1. The van der Waals surface area contributed by atoms with Crippen LogP contribution in [0.5, 0.6) is 0 Å². The van der Waals surface area contributed by atoms with Crippen molar-refractivity contribution in [1.82, 2.24) is 23.6 Å². The maximum Gasteiger partial charge on any atom is 0.332 e. The molecule has 0 unspecified atom stereocenters. The van der Waals surface area contributed by atoms with Gasteiger partial charge in [0.15, 0.2) is 11.2 Å². The van der Waals surface area contributed by atoms with Crippen molar-refractivity contribution in [3.63, 3.8) is 0 Å². The van der Waals surface area contributed by atoms with Crippen molar-refractivity contribution >= 4 is 16.9 Å². The SMILES string of the molecule is Cc1ccc(C)c(Cn2c(CN3CCN(c4ccc(F)cc4)CC3)nc3c2c(=O)n(C)c(=O)n3C)c1. The van der Waals surface area contributed by atoms with Gasteiger partial charge in [0.1, 0.15) is 11.6 Å². The summed E-state index contributed by atoms with van der Waals surface area (Å²) in [4.78, 5) is 35.2. The molecule has 36 heavy (non-hydrogen) atoms. The standard InChI is InChI=1S/C27H31FN6O2/c1-18-5-6-19(2)20(15-18)16-34-23(29-25-24(34)26(35)31(4)27(36)30(25)3)17-32-11-13-33(14-12-32)22-9-7-21(28)8-10-22/h5-10,15H,11-14,16-17H2,1-4H3. The Kier molecular flexibility index (Phi) is 6.26. The summed E-state index contributed by atoms with van der Waals surface area (Å²) in [5, 5.41) is 0. The van der Waals surface area contributed by atoms with Crippen LogP contribution in [-0.2, 0) is 27.2 Å². The van der Waals surface area contributed by atoms with E-state index in [0.29, 0.717) is 24.3 Å². The van der Waals surface area contributed by atoms with E-state index in [9.17, 15) is 14.0 Å². The van der Waals surface area contributed by atoms with Crippen LogP contribution in [-0.4, -0.2) is 49.8 Å². The molecule has 2 aromatic carbocycles. The molecule has 4 aromatic rings. The van der Waals surface area contributed by atoms with Crippen molar-refractivity contribution in [2.24, 2.45) is 14.1 Å². The molecule has 0 spiro atoms. The summed E-state index contributed by atoms with van der Waals surface area (Å²) in [5.74, 6) is 0.528. The predicted molar refractivity (Wildman–Crippen MR) is 139 cm³/mol. The monoisotopic (exact) mass is 490 g/mol. The number of imidazole rings is 1. The molecule has 0 atom stereocenters. The zero-order valence-corrected chi connectivity index (χ0v) is 21.2. The molecular weight excluding hydrogens is 459 g/mol. The van der Waals surface area contributed by atoms with Crippen LogP contribution in [0.1, 0.15) is 22.5 Å². The van der Waals surface area contributed by atoms with E-state index in [-0.39, 0.29) is 17.1 Å². The molecule has 1 aliphatic heterocycles. The number of rotatable bonds is 5. The molecule has 0 bridgehead atoms. The summed E-state index contributed by atoms with van der Waals surface area (Å²) in [6.45, 7) is 8.42. The Morgan fingerprint density at radius 3 is 2.28 bits per heavy atom. The fourth-order valence-corrected chi connectivity index (χ4v) is 4.94. The van der Waals surface area contributed by atoms with E-state index in [1.165, 1.54) is 23.7 Å². The van der Waals surface area contributed by atoms with Crippen LogP contribution in [0.15, 0.2) is 52.1 Å². The van der Waals surface area contributed by atoms with Gasteiger partial charge in [-0.2, -0.15) is 0 Å². The number of fused-ring (bicyclic) bond motifs is 1. The van der Waals surface area contributed by atoms with Crippen LogP contribution >= 0.6 is 0 Å². The molecule has 0 amide bonds. The fraction of sp³-hybridized carbons (Fsp3) is 0.370. The second-order valence-electron chi connectivity index (χ2n) is 9.66. The van der Waals surface area contributed by atoms with Gasteiger partial charge in [0.25, 0.3) is 5.56 Å². The van der Waals surface area contributed by atoms with Gasteiger partial charge in [-0.1, -0.05) is 23.8 Å². The Morgan fingerprint density at radius 1 is 0.889 bits per heavy atom. The Balaban J connectivity index is 1.49. The van der Waals surface area contributed by atoms with Crippen molar-refractivity contribution < 1.29 is 4.39 Å². The molecule has 9 heteroatoms. The lowest BCUT2D eigenvalue weighted by molar-refractivity contribution is 0.241. The van der Waals surface area contributed by atoms with Gasteiger partial charge in [-0.25, -0.2) is 14.2 Å². The highest BCUT2D eigenvalue weighted by Crippen LogP contribution is 2.21. The lowest BCUT2D eigenvalue weighted by Gasteiger charge is -2.36. The third-order valence-electron chi connectivity index (χ3n) is 7.19. The molecule has 0 aliphatic carbocycles. The van der Waals surface area contributed by atoms with Crippen molar-refractivity contribution in [3.05, 3.63) is 91.6 Å². The largest absolute Gasteiger partial charge is 0.369 e. The maximum atomic E-state index is 13.3. The van der Waals surface area contributed by atoms with E-state index in [2.05, 4.69) is 41.8 Å². The molecule has 8 nitrogen and oxygen atoms in total. The molecule has 0 N–H and O–H groups in total. The smallest absolute Gasteiger partial charge is 0.332 e. The molecule has 3 heterocycles. The van der Waals surface area contributed by atoms with Gasteiger partial charge < -0.3 is 9.47 Å². The lowest BCUT2D eigenvalue weighted by Crippen LogP contribution is -2.46. The van der Waals surface area contributed by atoms with E-state index in [1.54, 1.807) is 7.05 Å². The summed E-state index contributed by atoms with van der Waals surface area (Å²) in [7, 11) is 3.16. The van der Waals surface area contributed by atoms with Crippen LogP contribution in [0.25, 0.3) is 11.2 Å². The molecular formula is C27H31FN6O2. The fourth-order valence-electron chi connectivity index (χ4n) is 4.94. The van der Waals surface area contributed by atoms with E-state index < -0.39 is 0 Å². The zero-order valence-electron chi connectivity index (χ0n) is 21.2. The number of aryl methyl sites for hydroxylation is 3. The van der Waals surface area contributed by atoms with Crippen LogP contribution in [0.2, 0.25) is 0 Å². The van der Waals surface area contributed by atoms with Crippen molar-refractivity contribution in [3.8, 4) is 0 Å². The minimum Gasteiger partial charge on any atom is -0.369 e. The first-order valence-electron chi connectivity index (χ1n) is 12.2. The Morgan fingerprint density at radius 2 is 1.58 bits per heavy atom. The topological polar surface area (TPSA) is 68.3 Å². The average Bonchev–Trinajstić information content (AvgIpc) is 3.22. The van der Waals surface area contributed by atoms with Crippen molar-refractivity contribution in [1.29, 1.82) is 0 Å². The third-order valence-corrected chi connectivity index (χ3v) is 7.19. The van der Waals surface area contributed by atoms with Crippen molar-refractivity contribution in [2.45, 2.75) is 26.9 Å². The Bertz CT molecular complexity index is 1540. The number of aromatic nitrogens is 4. The number of piperazine rings is 1. The van der Waals surface area contributed by atoms with Gasteiger partial charge in [-0.15, -0.1) is 0 Å². The van der Waals surface area contributed by atoms with Gasteiger partial charge in [-0.05, 0) is 49.2 Å². The van der Waals surface area contributed by atoms with Gasteiger partial charge in [-0.3, -0.25) is 18.8 Å². The summed E-state index contributed by atoms with van der Waals surface area (Å²) >= 11 is 0. The summed E-state index contributed by atoms with van der Waals surface area (Å²) in [5.41, 5.74) is 4.56. The van der Waals surface area contributed by atoms with E-state index in [0.717, 1.165) is 58.9 Å². The van der Waals surface area contributed by atoms with Gasteiger partial charge >= 0.3 is 5.69 Å². The maximum absolute atomic E-state index is 13.3. The van der Waals surface area contributed by atoms with E-state index in [4.69, 9.17) is 4.98 Å². The first kappa shape index (κ1) is 24.0. The Hall–Kier alpha value is -3.72. The summed E-state index contributed by atoms with van der Waals surface area (Å²) in [6.07, 6.45) is 0. The molecule has 0 radical (unpaired) electrons. The molecule has 1 saturated heterocycles. The molecule has 1 fully saturated rings. The van der Waals surface area contributed by atoms with E-state index >= 15 is 0 Å². The number of hydrogen-bond acceptors (Lipinski definition) is 5. The first-order chi connectivity index (χ1) is 17.2. The highest BCUT2D eigenvalue weighted by Gasteiger charge is 2.23. The Labute approximate surface area is 208 Å². The quantitative estimate of drug-likeness (QED) is 0.430. The highest BCUT2D eigenvalue weighted by atomic mass is 19.1. The molecule has 2 aromatic heterocycles. The normalized spacial score (nSPS) is 14.6. The number of nitrogens with zero attached hydrogens (tertiary/aromatic N) is 6. The van der Waals surface area contributed by atoms with Crippen molar-refractivity contribution in [2.75, 3.05) is 31.1 Å². The second-order valence-corrected chi connectivity index (χ2v) is 9.66. The second kappa shape index (κ2) is 9.39. The van der Waals surface area contributed by atoms with Gasteiger partial charge in [0.2, 0.25) is 0 Å². The number of hydrogen-bond donors (Lipinski definition) is 0. The highest BCUT2D eigenvalue weighted by molar-refractivity contribution is 5.71. The minimum absolute atomic E-state index is 0.235. The summed E-state index contributed by atoms with van der Waals surface area (Å²) < 4.78 is 17.9. The minimum atomic E-state index is -0.386. The zero-order chi connectivity index (χ0) is 25.6. The number of benzene rings is 2.